The second kappa shape index (κ2) is 3.74. The molecule has 1 aromatic carbocycles. The molecular weight excluding hydrogens is 160 g/mol. The van der Waals surface area contributed by atoms with Gasteiger partial charge in [-0.2, -0.15) is 0 Å². The van der Waals surface area contributed by atoms with Crippen LogP contribution < -0.4 is 0 Å². The van der Waals surface area contributed by atoms with E-state index < -0.39 is 0 Å². The fourth-order valence-corrected chi connectivity index (χ4v) is 1.06. The van der Waals surface area contributed by atoms with Crippen LogP contribution in [0, 0.1) is 0 Å². The number of aliphatic hydroxyl groups is 1. The Hall–Kier alpha value is -0.530. The summed E-state index contributed by atoms with van der Waals surface area (Å²) in [5, 5.41) is 9.15. The largest absolute Gasteiger partial charge is 0.389 e. The molecule has 1 rings (SSSR count). The maximum atomic E-state index is 9.15. The lowest BCUT2D eigenvalue weighted by molar-refractivity contribution is 0.199. The second-order valence-corrected chi connectivity index (χ2v) is 2.82. The Morgan fingerprint density at radius 2 is 1.91 bits per heavy atom. The van der Waals surface area contributed by atoms with Gasteiger partial charge in [0.05, 0.1) is 6.10 Å². The number of aliphatic hydroxyl groups excluding tert-OH is 1. The first-order valence-corrected chi connectivity index (χ1v) is 4.10. The first kappa shape index (κ1) is 8.57. The van der Waals surface area contributed by atoms with Gasteiger partial charge >= 0.3 is 0 Å². The molecule has 0 saturated heterocycles. The van der Waals surface area contributed by atoms with Gasteiger partial charge in [-0.3, -0.25) is 0 Å². The van der Waals surface area contributed by atoms with Gasteiger partial charge in [-0.25, -0.2) is 0 Å². The molecule has 0 aliphatic carbocycles. The zero-order chi connectivity index (χ0) is 8.27. The van der Waals surface area contributed by atoms with Gasteiger partial charge in [0.25, 0.3) is 0 Å². The number of hydrogen-bond acceptors (Lipinski definition) is 1. The highest BCUT2D eigenvalue weighted by molar-refractivity contribution is 6.17. The SMILES string of the molecule is CC(O)c1ccc(CCl)cc1. The average Bonchev–Trinajstić information content (AvgIpc) is 2.05. The van der Waals surface area contributed by atoms with E-state index in [0.29, 0.717) is 5.88 Å². The molecule has 11 heavy (non-hydrogen) atoms. The number of benzene rings is 1. The summed E-state index contributed by atoms with van der Waals surface area (Å²) < 4.78 is 0. The summed E-state index contributed by atoms with van der Waals surface area (Å²) in [6.07, 6.45) is -0.389. The van der Waals surface area contributed by atoms with E-state index in [9.17, 15) is 0 Å². The van der Waals surface area contributed by atoms with E-state index in [1.54, 1.807) is 6.92 Å². The Labute approximate surface area is 71.6 Å². The van der Waals surface area contributed by atoms with E-state index in [2.05, 4.69) is 0 Å². The molecule has 0 saturated carbocycles. The molecule has 1 atom stereocenters. The standard InChI is InChI=1S/C9H11ClO/c1-7(11)9-4-2-8(6-10)3-5-9/h2-5,7,11H,6H2,1H3. The summed E-state index contributed by atoms with van der Waals surface area (Å²) in [4.78, 5) is 0. The zero-order valence-corrected chi connectivity index (χ0v) is 7.17. The predicted molar refractivity (Wildman–Crippen MR) is 46.6 cm³/mol. The fourth-order valence-electron chi connectivity index (χ4n) is 0.885. The maximum absolute atomic E-state index is 9.15. The molecule has 0 aliphatic heterocycles. The zero-order valence-electron chi connectivity index (χ0n) is 6.42. The molecule has 0 spiro atoms. The van der Waals surface area contributed by atoms with Crippen LogP contribution in [0.4, 0.5) is 0 Å². The normalized spacial score (nSPS) is 13.0. The summed E-state index contributed by atoms with van der Waals surface area (Å²) in [6, 6.07) is 7.63. The van der Waals surface area contributed by atoms with Gasteiger partial charge in [-0.15, -0.1) is 11.6 Å². The highest BCUT2D eigenvalue weighted by atomic mass is 35.5. The lowest BCUT2D eigenvalue weighted by Gasteiger charge is -2.03. The van der Waals surface area contributed by atoms with Crippen LogP contribution >= 0.6 is 11.6 Å². The van der Waals surface area contributed by atoms with Crippen LogP contribution in [0.1, 0.15) is 24.2 Å². The van der Waals surface area contributed by atoms with E-state index in [-0.39, 0.29) is 6.10 Å². The molecule has 1 unspecified atom stereocenters. The third-order valence-corrected chi connectivity index (χ3v) is 1.93. The molecule has 0 aliphatic rings. The Morgan fingerprint density at radius 3 is 2.27 bits per heavy atom. The van der Waals surface area contributed by atoms with Crippen LogP contribution in [0.5, 0.6) is 0 Å². The van der Waals surface area contributed by atoms with Crippen molar-refractivity contribution in [1.82, 2.24) is 0 Å². The average molecular weight is 171 g/mol. The van der Waals surface area contributed by atoms with Crippen LogP contribution in [0.15, 0.2) is 24.3 Å². The number of hydrogen-bond donors (Lipinski definition) is 1. The lowest BCUT2D eigenvalue weighted by atomic mass is 10.1. The van der Waals surface area contributed by atoms with Crippen LogP contribution in [-0.2, 0) is 5.88 Å². The topological polar surface area (TPSA) is 20.2 Å². The predicted octanol–water partition coefficient (Wildman–Crippen LogP) is 2.48. The van der Waals surface area contributed by atoms with Gasteiger partial charge in [0.2, 0.25) is 0 Å². The summed E-state index contributed by atoms with van der Waals surface area (Å²) in [6.45, 7) is 1.75. The second-order valence-electron chi connectivity index (χ2n) is 2.55. The quantitative estimate of drug-likeness (QED) is 0.677. The van der Waals surface area contributed by atoms with Gasteiger partial charge < -0.3 is 5.11 Å². The molecule has 1 nitrogen and oxygen atoms in total. The van der Waals surface area contributed by atoms with E-state index >= 15 is 0 Å². The smallest absolute Gasteiger partial charge is 0.0761 e. The monoisotopic (exact) mass is 170 g/mol. The highest BCUT2D eigenvalue weighted by Gasteiger charge is 1.98. The molecule has 2 heteroatoms. The van der Waals surface area contributed by atoms with Crippen molar-refractivity contribution < 1.29 is 5.11 Å². The number of alkyl halides is 1. The number of rotatable bonds is 2. The molecule has 1 aromatic rings. The van der Waals surface area contributed by atoms with Crippen LogP contribution in [0.2, 0.25) is 0 Å². The molecule has 1 N–H and O–H groups in total. The highest BCUT2D eigenvalue weighted by Crippen LogP contribution is 2.13. The molecule has 0 heterocycles. The summed E-state index contributed by atoms with van der Waals surface area (Å²) >= 11 is 5.60. The van der Waals surface area contributed by atoms with Crippen molar-refractivity contribution in [1.29, 1.82) is 0 Å². The molecule has 0 bridgehead atoms. The molecule has 0 fully saturated rings. The molecule has 0 aromatic heterocycles. The lowest BCUT2D eigenvalue weighted by Crippen LogP contribution is -1.90. The first-order chi connectivity index (χ1) is 5.24. The molecule has 0 amide bonds. The van der Waals surface area contributed by atoms with Crippen molar-refractivity contribution in [3.63, 3.8) is 0 Å². The van der Waals surface area contributed by atoms with E-state index in [0.717, 1.165) is 11.1 Å². The van der Waals surface area contributed by atoms with Crippen LogP contribution in [-0.4, -0.2) is 5.11 Å². The van der Waals surface area contributed by atoms with Crippen LogP contribution in [0.3, 0.4) is 0 Å². The minimum Gasteiger partial charge on any atom is -0.389 e. The van der Waals surface area contributed by atoms with E-state index in [1.165, 1.54) is 0 Å². The van der Waals surface area contributed by atoms with Crippen molar-refractivity contribution in [2.45, 2.75) is 18.9 Å². The van der Waals surface area contributed by atoms with Crippen LogP contribution in [0.25, 0.3) is 0 Å². The van der Waals surface area contributed by atoms with E-state index in [1.807, 2.05) is 24.3 Å². The Morgan fingerprint density at radius 1 is 1.36 bits per heavy atom. The first-order valence-electron chi connectivity index (χ1n) is 3.57. The van der Waals surface area contributed by atoms with Gasteiger partial charge in [0.15, 0.2) is 0 Å². The van der Waals surface area contributed by atoms with Gasteiger partial charge in [-0.05, 0) is 18.1 Å². The summed E-state index contributed by atoms with van der Waals surface area (Å²) in [5.74, 6) is 0.528. The van der Waals surface area contributed by atoms with Gasteiger partial charge in [0.1, 0.15) is 0 Å². The maximum Gasteiger partial charge on any atom is 0.0761 e. The van der Waals surface area contributed by atoms with Gasteiger partial charge in [-0.1, -0.05) is 24.3 Å². The Kier molecular flexibility index (Phi) is 2.92. The Balaban J connectivity index is 2.83. The summed E-state index contributed by atoms with van der Waals surface area (Å²) in [7, 11) is 0. The minimum absolute atomic E-state index is 0.389. The Bertz CT molecular complexity index is 216. The van der Waals surface area contributed by atoms with Crippen molar-refractivity contribution in [3.05, 3.63) is 35.4 Å². The molecule has 60 valence electrons. The third-order valence-electron chi connectivity index (χ3n) is 1.62. The van der Waals surface area contributed by atoms with E-state index in [4.69, 9.17) is 16.7 Å². The molecule has 0 radical (unpaired) electrons. The van der Waals surface area contributed by atoms with Crippen molar-refractivity contribution in [3.8, 4) is 0 Å². The van der Waals surface area contributed by atoms with Gasteiger partial charge in [0, 0.05) is 5.88 Å². The van der Waals surface area contributed by atoms with Crippen molar-refractivity contribution >= 4 is 11.6 Å². The summed E-state index contributed by atoms with van der Waals surface area (Å²) in [5.41, 5.74) is 2.01. The minimum atomic E-state index is -0.389. The fraction of sp³-hybridized carbons (Fsp3) is 0.333. The third kappa shape index (κ3) is 2.21. The molecular formula is C9H11ClO. The van der Waals surface area contributed by atoms with Crippen molar-refractivity contribution in [2.75, 3.05) is 0 Å². The van der Waals surface area contributed by atoms with Crippen molar-refractivity contribution in [2.24, 2.45) is 0 Å². The number of halogens is 1.